The van der Waals surface area contributed by atoms with Gasteiger partial charge in [-0.15, -0.1) is 24.0 Å². The summed E-state index contributed by atoms with van der Waals surface area (Å²) >= 11 is 0. The number of rotatable bonds is 10. The highest BCUT2D eigenvalue weighted by Gasteiger charge is 2.05. The molecule has 5 nitrogen and oxygen atoms in total. The lowest BCUT2D eigenvalue weighted by Crippen LogP contribution is -2.42. The van der Waals surface area contributed by atoms with Crippen LogP contribution in [0.3, 0.4) is 0 Å². The molecule has 138 valence electrons. The fraction of sp³-hybridized carbons (Fsp3) is 0.611. The number of guanidine groups is 1. The van der Waals surface area contributed by atoms with Crippen LogP contribution in [-0.4, -0.2) is 57.7 Å². The molecular weight excluding hydrogens is 415 g/mol. The molecule has 0 saturated heterocycles. The van der Waals surface area contributed by atoms with Crippen molar-refractivity contribution in [2.24, 2.45) is 10.9 Å². The third kappa shape index (κ3) is 10.8. The smallest absolute Gasteiger partial charge is 0.191 e. The Morgan fingerprint density at radius 2 is 1.96 bits per heavy atom. The molecule has 24 heavy (non-hydrogen) atoms. The van der Waals surface area contributed by atoms with Crippen LogP contribution in [0.4, 0.5) is 0 Å². The van der Waals surface area contributed by atoms with Crippen molar-refractivity contribution < 1.29 is 4.74 Å². The predicted molar refractivity (Wildman–Crippen MR) is 113 cm³/mol. The summed E-state index contributed by atoms with van der Waals surface area (Å²) in [7, 11) is 3.92. The van der Waals surface area contributed by atoms with Crippen molar-refractivity contribution in [1.82, 2.24) is 15.5 Å². The Balaban J connectivity index is 0.00000529. The van der Waals surface area contributed by atoms with E-state index >= 15 is 0 Å². The lowest BCUT2D eigenvalue weighted by atomic mass is 10.2. The van der Waals surface area contributed by atoms with Gasteiger partial charge in [0.15, 0.2) is 5.96 Å². The van der Waals surface area contributed by atoms with Crippen LogP contribution in [0.2, 0.25) is 0 Å². The van der Waals surface area contributed by atoms with Gasteiger partial charge in [0.1, 0.15) is 0 Å². The van der Waals surface area contributed by atoms with Crippen LogP contribution in [-0.2, 0) is 11.3 Å². The minimum Gasteiger partial charge on any atom is -0.376 e. The van der Waals surface area contributed by atoms with E-state index in [2.05, 4.69) is 53.6 Å². The molecule has 0 spiro atoms. The van der Waals surface area contributed by atoms with Crippen molar-refractivity contribution in [2.75, 3.05) is 46.9 Å². The van der Waals surface area contributed by atoms with Crippen LogP contribution in [0.5, 0.6) is 0 Å². The second-order valence-electron chi connectivity index (χ2n) is 5.88. The van der Waals surface area contributed by atoms with Crippen LogP contribution >= 0.6 is 24.0 Å². The maximum absolute atomic E-state index is 5.77. The lowest BCUT2D eigenvalue weighted by Gasteiger charge is -2.18. The van der Waals surface area contributed by atoms with Crippen LogP contribution < -0.4 is 10.6 Å². The molecule has 1 atom stereocenters. The first-order valence-corrected chi connectivity index (χ1v) is 8.40. The Kier molecular flexibility index (Phi) is 14.0. The van der Waals surface area contributed by atoms with Gasteiger partial charge >= 0.3 is 0 Å². The van der Waals surface area contributed by atoms with E-state index in [1.54, 1.807) is 7.05 Å². The molecule has 0 radical (unpaired) electrons. The number of hydrogen-bond donors (Lipinski definition) is 2. The quantitative estimate of drug-likeness (QED) is 0.328. The molecule has 0 aliphatic heterocycles. The third-order valence-corrected chi connectivity index (χ3v) is 3.68. The average molecular weight is 448 g/mol. The number of halogens is 1. The SMILES string of the molecule is CCN(C)CCNC(=NC)NCC(C)COCc1ccccc1.I. The van der Waals surface area contributed by atoms with Crippen molar-refractivity contribution in [3.8, 4) is 0 Å². The highest BCUT2D eigenvalue weighted by atomic mass is 127. The molecule has 1 aromatic rings. The summed E-state index contributed by atoms with van der Waals surface area (Å²) in [5.41, 5.74) is 1.21. The molecule has 2 N–H and O–H groups in total. The zero-order chi connectivity index (χ0) is 16.9. The van der Waals surface area contributed by atoms with Crippen molar-refractivity contribution in [3.63, 3.8) is 0 Å². The van der Waals surface area contributed by atoms with E-state index in [4.69, 9.17) is 4.74 Å². The van der Waals surface area contributed by atoms with Gasteiger partial charge in [-0.3, -0.25) is 4.99 Å². The van der Waals surface area contributed by atoms with Gasteiger partial charge in [0.05, 0.1) is 13.2 Å². The van der Waals surface area contributed by atoms with Gasteiger partial charge in [0, 0.05) is 26.7 Å². The Morgan fingerprint density at radius 1 is 1.25 bits per heavy atom. The second-order valence-corrected chi connectivity index (χ2v) is 5.88. The number of ether oxygens (including phenoxy) is 1. The van der Waals surface area contributed by atoms with Gasteiger partial charge in [0.25, 0.3) is 0 Å². The summed E-state index contributed by atoms with van der Waals surface area (Å²) in [4.78, 5) is 6.51. The van der Waals surface area contributed by atoms with Crippen molar-refractivity contribution >= 4 is 29.9 Å². The van der Waals surface area contributed by atoms with Gasteiger partial charge in [-0.05, 0) is 25.1 Å². The van der Waals surface area contributed by atoms with E-state index in [0.717, 1.165) is 38.7 Å². The van der Waals surface area contributed by atoms with E-state index in [0.29, 0.717) is 12.5 Å². The summed E-state index contributed by atoms with van der Waals surface area (Å²) in [5.74, 6) is 1.28. The molecule has 6 heteroatoms. The molecule has 0 heterocycles. The van der Waals surface area contributed by atoms with E-state index in [1.165, 1.54) is 5.56 Å². The van der Waals surface area contributed by atoms with Crippen molar-refractivity contribution in [3.05, 3.63) is 35.9 Å². The van der Waals surface area contributed by atoms with Gasteiger partial charge in [0.2, 0.25) is 0 Å². The zero-order valence-electron chi connectivity index (χ0n) is 15.4. The molecule has 0 aromatic heterocycles. The Hall–Kier alpha value is -0.860. The summed E-state index contributed by atoms with van der Waals surface area (Å²) in [6.07, 6.45) is 0. The van der Waals surface area contributed by atoms with Crippen LogP contribution in [0.25, 0.3) is 0 Å². The fourth-order valence-corrected chi connectivity index (χ4v) is 2.03. The first kappa shape index (κ1) is 23.1. The standard InChI is InChI=1S/C18H32N4O.HI/c1-5-22(4)12-11-20-18(19-3)21-13-16(2)14-23-15-17-9-7-6-8-10-17;/h6-10,16H,5,11-15H2,1-4H3,(H2,19,20,21);1H. The summed E-state index contributed by atoms with van der Waals surface area (Å²) < 4.78 is 5.77. The zero-order valence-corrected chi connectivity index (χ0v) is 17.7. The van der Waals surface area contributed by atoms with Gasteiger partial charge in [-0.1, -0.05) is 44.2 Å². The van der Waals surface area contributed by atoms with Crippen LogP contribution in [0, 0.1) is 5.92 Å². The molecule has 0 bridgehead atoms. The summed E-state index contributed by atoms with van der Waals surface area (Å²) in [6, 6.07) is 10.3. The monoisotopic (exact) mass is 448 g/mol. The highest BCUT2D eigenvalue weighted by molar-refractivity contribution is 14.0. The van der Waals surface area contributed by atoms with Crippen LogP contribution in [0.15, 0.2) is 35.3 Å². The molecular formula is C18H33IN4O. The Bertz CT molecular complexity index is 442. The van der Waals surface area contributed by atoms with E-state index in [1.807, 2.05) is 18.2 Å². The van der Waals surface area contributed by atoms with E-state index in [-0.39, 0.29) is 24.0 Å². The lowest BCUT2D eigenvalue weighted by molar-refractivity contribution is 0.0931. The normalized spacial score (nSPS) is 12.6. The van der Waals surface area contributed by atoms with Gasteiger partial charge < -0.3 is 20.3 Å². The molecule has 0 fully saturated rings. The second kappa shape index (κ2) is 14.5. The largest absolute Gasteiger partial charge is 0.376 e. The Labute approximate surface area is 164 Å². The Morgan fingerprint density at radius 3 is 2.58 bits per heavy atom. The number of nitrogens with one attached hydrogen (secondary N) is 2. The van der Waals surface area contributed by atoms with Crippen LogP contribution in [0.1, 0.15) is 19.4 Å². The van der Waals surface area contributed by atoms with Crippen molar-refractivity contribution in [1.29, 1.82) is 0 Å². The molecule has 0 aliphatic rings. The summed E-state index contributed by atoms with van der Waals surface area (Å²) in [6.45, 7) is 9.54. The molecule has 1 rings (SSSR count). The van der Waals surface area contributed by atoms with E-state index < -0.39 is 0 Å². The molecule has 0 saturated carbocycles. The van der Waals surface area contributed by atoms with Gasteiger partial charge in [-0.2, -0.15) is 0 Å². The van der Waals surface area contributed by atoms with Crippen molar-refractivity contribution in [2.45, 2.75) is 20.5 Å². The highest BCUT2D eigenvalue weighted by Crippen LogP contribution is 2.02. The van der Waals surface area contributed by atoms with E-state index in [9.17, 15) is 0 Å². The third-order valence-electron chi connectivity index (χ3n) is 3.68. The molecule has 0 amide bonds. The average Bonchev–Trinajstić information content (AvgIpc) is 2.58. The minimum absolute atomic E-state index is 0. The number of hydrogen-bond acceptors (Lipinski definition) is 3. The first-order chi connectivity index (χ1) is 11.2. The molecule has 0 aliphatic carbocycles. The number of benzene rings is 1. The molecule has 1 aromatic carbocycles. The number of nitrogens with zero attached hydrogens (tertiary/aromatic N) is 2. The minimum atomic E-state index is 0. The molecule has 1 unspecified atom stereocenters. The van der Waals surface area contributed by atoms with Gasteiger partial charge in [-0.25, -0.2) is 0 Å². The number of aliphatic imine (C=N–C) groups is 1. The number of likely N-dealkylation sites (N-methyl/N-ethyl adjacent to an activating group) is 1. The predicted octanol–water partition coefficient (Wildman–Crippen LogP) is 2.57. The summed E-state index contributed by atoms with van der Waals surface area (Å²) in [5, 5.41) is 6.68. The maximum atomic E-state index is 5.77. The first-order valence-electron chi connectivity index (χ1n) is 8.40. The maximum Gasteiger partial charge on any atom is 0.191 e. The fourth-order valence-electron chi connectivity index (χ4n) is 2.03. The topological polar surface area (TPSA) is 48.9 Å².